The van der Waals surface area contributed by atoms with Crippen molar-refractivity contribution in [1.29, 1.82) is 0 Å². The van der Waals surface area contributed by atoms with E-state index >= 15 is 0 Å². The topological polar surface area (TPSA) is 66.0 Å². The molecule has 0 unspecified atom stereocenters. The molecule has 0 bridgehead atoms. The van der Waals surface area contributed by atoms with Gasteiger partial charge in [0.2, 0.25) is 0 Å². The fraction of sp³-hybridized carbons (Fsp3) is 0.250. The summed E-state index contributed by atoms with van der Waals surface area (Å²) in [4.78, 5) is 0. The van der Waals surface area contributed by atoms with Gasteiger partial charge in [0.25, 0.3) is 0 Å². The minimum Gasteiger partial charge on any atom is -0.491 e. The maximum Gasteiger partial charge on any atom is 0.127 e. The van der Waals surface area contributed by atoms with E-state index in [0.717, 1.165) is 23.3 Å². The van der Waals surface area contributed by atoms with E-state index in [0.29, 0.717) is 19.7 Å². The lowest BCUT2D eigenvalue weighted by Crippen LogP contribution is -2.14. The molecule has 0 aliphatic carbocycles. The maximum absolute atomic E-state index is 5.91. The number of hydrogen-bond donors (Lipinski definition) is 1. The molecule has 3 rings (SSSR count). The number of hydrogen-bond acceptors (Lipinski definition) is 4. The van der Waals surface area contributed by atoms with Crippen molar-refractivity contribution in [2.75, 3.05) is 13.2 Å². The Balaban J connectivity index is 1.68. The minimum absolute atomic E-state index is 0.551. The Kier molecular flexibility index (Phi) is 4.12. The first-order valence-electron chi connectivity index (χ1n) is 7.06. The number of fused-ring (bicyclic) bond motifs is 1. The maximum atomic E-state index is 5.91. The summed E-state index contributed by atoms with van der Waals surface area (Å²) in [6.07, 6.45) is 2.53. The molecule has 0 saturated heterocycles. The van der Waals surface area contributed by atoms with Crippen molar-refractivity contribution in [1.82, 2.24) is 15.0 Å². The van der Waals surface area contributed by atoms with E-state index < -0.39 is 0 Å². The van der Waals surface area contributed by atoms with Crippen LogP contribution >= 0.6 is 0 Å². The van der Waals surface area contributed by atoms with Crippen LogP contribution in [-0.4, -0.2) is 28.1 Å². The molecule has 0 amide bonds. The zero-order valence-corrected chi connectivity index (χ0v) is 11.8. The van der Waals surface area contributed by atoms with E-state index in [1.54, 1.807) is 6.20 Å². The highest BCUT2D eigenvalue weighted by Gasteiger charge is 2.04. The molecule has 2 N–H and O–H groups in total. The first-order chi connectivity index (χ1) is 10.4. The molecule has 0 spiro atoms. The Morgan fingerprint density at radius 1 is 1.10 bits per heavy atom. The molecule has 0 aliphatic rings. The Hall–Kier alpha value is -2.40. The van der Waals surface area contributed by atoms with Crippen molar-refractivity contribution in [2.45, 2.75) is 13.0 Å². The first-order valence-corrected chi connectivity index (χ1v) is 7.06. The second-order valence-corrected chi connectivity index (χ2v) is 4.81. The van der Waals surface area contributed by atoms with Gasteiger partial charge in [-0.1, -0.05) is 41.6 Å². The molecule has 21 heavy (non-hydrogen) atoms. The average Bonchev–Trinajstić information content (AvgIpc) is 2.95. The van der Waals surface area contributed by atoms with E-state index in [2.05, 4.69) is 28.5 Å². The zero-order chi connectivity index (χ0) is 14.5. The number of nitrogens with two attached hydrogens (primary N) is 1. The second kappa shape index (κ2) is 6.37. The molecule has 0 atom stereocenters. The van der Waals surface area contributed by atoms with Crippen LogP contribution in [-0.2, 0) is 13.0 Å². The van der Waals surface area contributed by atoms with E-state index in [1.165, 1.54) is 5.39 Å². The van der Waals surface area contributed by atoms with Crippen LogP contribution in [0.2, 0.25) is 0 Å². The molecular weight excluding hydrogens is 264 g/mol. The summed E-state index contributed by atoms with van der Waals surface area (Å²) >= 11 is 0. The van der Waals surface area contributed by atoms with Crippen molar-refractivity contribution >= 4 is 10.8 Å². The van der Waals surface area contributed by atoms with E-state index in [4.69, 9.17) is 10.5 Å². The fourth-order valence-corrected chi connectivity index (χ4v) is 2.37. The minimum atomic E-state index is 0.551. The van der Waals surface area contributed by atoms with Gasteiger partial charge < -0.3 is 10.5 Å². The van der Waals surface area contributed by atoms with Crippen LogP contribution in [0.25, 0.3) is 10.8 Å². The van der Waals surface area contributed by atoms with Crippen molar-refractivity contribution in [3.05, 3.63) is 54.4 Å². The third-order valence-corrected chi connectivity index (χ3v) is 3.41. The Labute approximate surface area is 123 Å². The molecular formula is C16H18N4O. The number of ether oxygens (including phenoxy) is 1. The van der Waals surface area contributed by atoms with Crippen LogP contribution in [0.5, 0.6) is 5.75 Å². The van der Waals surface area contributed by atoms with E-state index in [9.17, 15) is 0 Å². The van der Waals surface area contributed by atoms with Crippen LogP contribution in [0, 0.1) is 0 Å². The highest BCUT2D eigenvalue weighted by molar-refractivity contribution is 5.88. The number of rotatable bonds is 6. The quantitative estimate of drug-likeness (QED) is 0.751. The van der Waals surface area contributed by atoms with Gasteiger partial charge in [-0.15, -0.1) is 5.10 Å². The SMILES string of the molecule is NCCc1cnnn1CCOc1cccc2ccccc12. The van der Waals surface area contributed by atoms with Crippen LogP contribution in [0.3, 0.4) is 0 Å². The third kappa shape index (κ3) is 3.03. The molecule has 108 valence electrons. The third-order valence-electron chi connectivity index (χ3n) is 3.41. The highest BCUT2D eigenvalue weighted by atomic mass is 16.5. The first kappa shape index (κ1) is 13.6. The standard InChI is InChI=1S/C16H18N4O/c17-9-8-14-12-18-19-20(14)10-11-21-16-7-3-5-13-4-1-2-6-15(13)16/h1-7,12H,8-11,17H2. The lowest BCUT2D eigenvalue weighted by molar-refractivity contribution is 0.290. The van der Waals surface area contributed by atoms with Gasteiger partial charge in [0.05, 0.1) is 18.4 Å². The van der Waals surface area contributed by atoms with Crippen LogP contribution in [0.1, 0.15) is 5.69 Å². The van der Waals surface area contributed by atoms with E-state index in [1.807, 2.05) is 28.9 Å². The molecule has 1 aromatic heterocycles. The number of nitrogens with zero attached hydrogens (tertiary/aromatic N) is 3. The van der Waals surface area contributed by atoms with Crippen LogP contribution in [0.4, 0.5) is 0 Å². The zero-order valence-electron chi connectivity index (χ0n) is 11.8. The van der Waals surface area contributed by atoms with Crippen molar-refractivity contribution in [3.8, 4) is 5.75 Å². The summed E-state index contributed by atoms with van der Waals surface area (Å²) in [5.74, 6) is 0.897. The molecule has 3 aromatic rings. The molecule has 0 radical (unpaired) electrons. The summed E-state index contributed by atoms with van der Waals surface area (Å²) in [7, 11) is 0. The Morgan fingerprint density at radius 2 is 1.95 bits per heavy atom. The Bertz CT molecular complexity index is 718. The van der Waals surface area contributed by atoms with Gasteiger partial charge in [0.1, 0.15) is 12.4 Å². The van der Waals surface area contributed by atoms with Gasteiger partial charge in [-0.3, -0.25) is 0 Å². The lowest BCUT2D eigenvalue weighted by atomic mass is 10.1. The largest absolute Gasteiger partial charge is 0.491 e. The predicted octanol–water partition coefficient (Wildman–Crippen LogP) is 2.01. The van der Waals surface area contributed by atoms with Crippen molar-refractivity contribution in [2.24, 2.45) is 5.73 Å². The molecule has 5 heteroatoms. The molecule has 0 saturated carbocycles. The predicted molar refractivity (Wildman–Crippen MR) is 82.2 cm³/mol. The highest BCUT2D eigenvalue weighted by Crippen LogP contribution is 2.25. The normalized spacial score (nSPS) is 10.9. The summed E-state index contributed by atoms with van der Waals surface area (Å²) in [6.45, 7) is 1.81. The van der Waals surface area contributed by atoms with Gasteiger partial charge >= 0.3 is 0 Å². The van der Waals surface area contributed by atoms with E-state index in [-0.39, 0.29) is 0 Å². The molecule has 0 aliphatic heterocycles. The van der Waals surface area contributed by atoms with Crippen LogP contribution in [0.15, 0.2) is 48.7 Å². The molecule has 1 heterocycles. The summed E-state index contributed by atoms with van der Waals surface area (Å²) in [5.41, 5.74) is 6.61. The summed E-state index contributed by atoms with van der Waals surface area (Å²) in [6, 6.07) is 14.3. The fourth-order valence-electron chi connectivity index (χ4n) is 2.37. The van der Waals surface area contributed by atoms with Gasteiger partial charge in [-0.25, -0.2) is 4.68 Å². The second-order valence-electron chi connectivity index (χ2n) is 4.81. The molecule has 0 fully saturated rings. The number of benzene rings is 2. The summed E-state index contributed by atoms with van der Waals surface area (Å²) in [5, 5.41) is 10.3. The van der Waals surface area contributed by atoms with Crippen molar-refractivity contribution < 1.29 is 4.74 Å². The molecule has 2 aromatic carbocycles. The van der Waals surface area contributed by atoms with Gasteiger partial charge in [0, 0.05) is 11.8 Å². The van der Waals surface area contributed by atoms with Gasteiger partial charge in [0.15, 0.2) is 0 Å². The Morgan fingerprint density at radius 3 is 2.86 bits per heavy atom. The monoisotopic (exact) mass is 282 g/mol. The summed E-state index contributed by atoms with van der Waals surface area (Å²) < 4.78 is 7.75. The molecule has 5 nitrogen and oxygen atoms in total. The smallest absolute Gasteiger partial charge is 0.127 e. The van der Waals surface area contributed by atoms with Gasteiger partial charge in [-0.2, -0.15) is 0 Å². The van der Waals surface area contributed by atoms with Crippen LogP contribution < -0.4 is 10.5 Å². The lowest BCUT2D eigenvalue weighted by Gasteiger charge is -2.10. The van der Waals surface area contributed by atoms with Gasteiger partial charge in [-0.05, 0) is 18.0 Å². The average molecular weight is 282 g/mol. The number of aromatic nitrogens is 3. The van der Waals surface area contributed by atoms with Crippen molar-refractivity contribution in [3.63, 3.8) is 0 Å².